The Morgan fingerprint density at radius 1 is 1.41 bits per heavy atom. The highest BCUT2D eigenvalue weighted by Gasteiger charge is 2.18. The lowest BCUT2D eigenvalue weighted by Gasteiger charge is -2.17. The van der Waals surface area contributed by atoms with Crippen LogP contribution in [0.4, 0.5) is 4.39 Å². The molecule has 17 heavy (non-hydrogen) atoms. The van der Waals surface area contributed by atoms with Crippen LogP contribution >= 0.6 is 0 Å². The predicted octanol–water partition coefficient (Wildman–Crippen LogP) is 2.18. The van der Waals surface area contributed by atoms with Crippen LogP contribution in [0.2, 0.25) is 0 Å². The lowest BCUT2D eigenvalue weighted by Crippen LogP contribution is -2.42. The van der Waals surface area contributed by atoms with E-state index >= 15 is 0 Å². The quantitative estimate of drug-likeness (QED) is 0.868. The van der Waals surface area contributed by atoms with Crippen molar-refractivity contribution in [2.75, 3.05) is 0 Å². The topological polar surface area (TPSA) is 52.9 Å². The van der Waals surface area contributed by atoms with Crippen LogP contribution in [0.1, 0.15) is 25.8 Å². The van der Waals surface area contributed by atoms with Crippen molar-refractivity contribution >= 4 is 5.91 Å². The second-order valence-electron chi connectivity index (χ2n) is 4.41. The molecule has 0 aliphatic heterocycles. The summed E-state index contributed by atoms with van der Waals surface area (Å²) in [6.07, 6.45) is 0.824. The van der Waals surface area contributed by atoms with Crippen molar-refractivity contribution in [3.63, 3.8) is 0 Å². The molecule has 1 aromatic carbocycles. The molecule has 0 unspecified atom stereocenters. The normalized spacial score (nSPS) is 10.7. The third-order valence-electron chi connectivity index (χ3n) is 2.29. The number of aryl methyl sites for hydroxylation is 1. The first-order valence-electron chi connectivity index (χ1n) is 5.40. The van der Waals surface area contributed by atoms with Gasteiger partial charge in [0, 0.05) is 6.42 Å². The van der Waals surface area contributed by atoms with Gasteiger partial charge in [0.15, 0.2) is 0 Å². The minimum Gasteiger partial charge on any atom is -0.338 e. The Hall–Kier alpha value is -1.89. The van der Waals surface area contributed by atoms with Crippen molar-refractivity contribution in [3.8, 4) is 6.07 Å². The highest BCUT2D eigenvalue weighted by molar-refractivity contribution is 5.77. The summed E-state index contributed by atoms with van der Waals surface area (Å²) in [5.41, 5.74) is 0.0520. The van der Waals surface area contributed by atoms with Crippen LogP contribution < -0.4 is 5.32 Å². The van der Waals surface area contributed by atoms with Gasteiger partial charge in [-0.3, -0.25) is 4.79 Å². The van der Waals surface area contributed by atoms with E-state index in [0.29, 0.717) is 6.42 Å². The first-order valence-corrected chi connectivity index (χ1v) is 5.40. The Balaban J connectivity index is 2.44. The maximum atomic E-state index is 12.6. The van der Waals surface area contributed by atoms with Crippen LogP contribution in [0.15, 0.2) is 24.3 Å². The van der Waals surface area contributed by atoms with E-state index < -0.39 is 5.54 Å². The summed E-state index contributed by atoms with van der Waals surface area (Å²) < 4.78 is 12.6. The van der Waals surface area contributed by atoms with Crippen molar-refractivity contribution in [3.05, 3.63) is 35.6 Å². The number of benzene rings is 1. The van der Waals surface area contributed by atoms with Crippen LogP contribution in [0.25, 0.3) is 0 Å². The summed E-state index contributed by atoms with van der Waals surface area (Å²) in [6.45, 7) is 3.28. The van der Waals surface area contributed by atoms with Crippen molar-refractivity contribution in [1.29, 1.82) is 5.26 Å². The summed E-state index contributed by atoms with van der Waals surface area (Å²) in [5.74, 6) is -0.468. The Labute approximate surface area is 100 Å². The fourth-order valence-electron chi connectivity index (χ4n) is 1.35. The first kappa shape index (κ1) is 13.2. The third kappa shape index (κ3) is 4.64. The van der Waals surface area contributed by atoms with Gasteiger partial charge in [0.1, 0.15) is 11.4 Å². The molecule has 3 nitrogen and oxygen atoms in total. The molecule has 1 amide bonds. The van der Waals surface area contributed by atoms with Crippen LogP contribution in [0.5, 0.6) is 0 Å². The lowest BCUT2D eigenvalue weighted by molar-refractivity contribution is -0.122. The van der Waals surface area contributed by atoms with Gasteiger partial charge >= 0.3 is 0 Å². The van der Waals surface area contributed by atoms with Gasteiger partial charge < -0.3 is 5.32 Å². The van der Waals surface area contributed by atoms with Crippen molar-refractivity contribution in [1.82, 2.24) is 5.32 Å². The Kier molecular flexibility index (Phi) is 4.22. The molecule has 4 heteroatoms. The number of nitrogens with one attached hydrogen (secondary N) is 1. The van der Waals surface area contributed by atoms with Gasteiger partial charge in [0.25, 0.3) is 0 Å². The number of nitrogens with zero attached hydrogens (tertiary/aromatic N) is 1. The van der Waals surface area contributed by atoms with E-state index in [1.807, 2.05) is 6.07 Å². The van der Waals surface area contributed by atoms with Crippen LogP contribution in [0.3, 0.4) is 0 Å². The Morgan fingerprint density at radius 3 is 2.53 bits per heavy atom. The van der Waals surface area contributed by atoms with Crippen molar-refractivity contribution in [2.45, 2.75) is 32.2 Å². The highest BCUT2D eigenvalue weighted by Crippen LogP contribution is 2.06. The van der Waals surface area contributed by atoms with Crippen LogP contribution in [-0.2, 0) is 11.2 Å². The standard InChI is InChI=1S/C13H15FN2O/c1-13(2,9-15)16-12(17)8-5-10-3-6-11(14)7-4-10/h3-4,6-7H,5,8H2,1-2H3,(H,16,17). The van der Waals surface area contributed by atoms with E-state index in [1.165, 1.54) is 12.1 Å². The van der Waals surface area contributed by atoms with Gasteiger partial charge in [-0.2, -0.15) is 5.26 Å². The fourth-order valence-corrected chi connectivity index (χ4v) is 1.35. The molecule has 0 bridgehead atoms. The number of halogens is 1. The summed E-state index contributed by atoms with van der Waals surface area (Å²) >= 11 is 0. The maximum absolute atomic E-state index is 12.6. The van der Waals surface area contributed by atoms with Gasteiger partial charge in [0.2, 0.25) is 5.91 Å². The molecule has 0 fully saturated rings. The van der Waals surface area contributed by atoms with E-state index in [4.69, 9.17) is 5.26 Å². The SMILES string of the molecule is CC(C)(C#N)NC(=O)CCc1ccc(F)cc1. The lowest BCUT2D eigenvalue weighted by atomic mass is 10.1. The molecule has 1 N–H and O–H groups in total. The largest absolute Gasteiger partial charge is 0.338 e. The molecule has 1 rings (SSSR count). The van der Waals surface area contributed by atoms with E-state index in [-0.39, 0.29) is 18.1 Å². The van der Waals surface area contributed by atoms with Crippen LogP contribution in [0, 0.1) is 17.1 Å². The van der Waals surface area contributed by atoms with E-state index in [0.717, 1.165) is 5.56 Å². The molecule has 0 saturated carbocycles. The molecule has 0 radical (unpaired) electrons. The molecule has 0 heterocycles. The molecule has 0 spiro atoms. The van der Waals surface area contributed by atoms with Crippen molar-refractivity contribution in [2.24, 2.45) is 0 Å². The zero-order valence-corrected chi connectivity index (χ0v) is 9.96. The fraction of sp³-hybridized carbons (Fsp3) is 0.385. The first-order chi connectivity index (χ1) is 7.93. The molecule has 0 aliphatic carbocycles. The van der Waals surface area contributed by atoms with Crippen molar-refractivity contribution < 1.29 is 9.18 Å². The minimum atomic E-state index is -0.847. The van der Waals surface area contributed by atoms with E-state index in [9.17, 15) is 9.18 Å². The number of carbonyl (C=O) groups is 1. The van der Waals surface area contributed by atoms with Crippen LogP contribution in [-0.4, -0.2) is 11.4 Å². The van der Waals surface area contributed by atoms with Gasteiger partial charge in [-0.1, -0.05) is 12.1 Å². The summed E-state index contributed by atoms with van der Waals surface area (Å²) in [4.78, 5) is 11.5. The zero-order chi connectivity index (χ0) is 12.9. The number of nitriles is 1. The minimum absolute atomic E-state index is 0.180. The Morgan fingerprint density at radius 2 is 2.00 bits per heavy atom. The van der Waals surface area contributed by atoms with Gasteiger partial charge in [-0.15, -0.1) is 0 Å². The second-order valence-corrected chi connectivity index (χ2v) is 4.41. The zero-order valence-electron chi connectivity index (χ0n) is 9.96. The number of carbonyl (C=O) groups excluding carboxylic acids is 1. The summed E-state index contributed by atoms with van der Waals surface area (Å²) in [6, 6.07) is 8.03. The molecule has 0 aliphatic rings. The van der Waals surface area contributed by atoms with E-state index in [1.54, 1.807) is 26.0 Å². The number of rotatable bonds is 4. The van der Waals surface area contributed by atoms with E-state index in [2.05, 4.69) is 5.32 Å². The maximum Gasteiger partial charge on any atom is 0.221 e. The predicted molar refractivity (Wildman–Crippen MR) is 62.6 cm³/mol. The number of hydrogen-bond donors (Lipinski definition) is 1. The monoisotopic (exact) mass is 234 g/mol. The van der Waals surface area contributed by atoms with Gasteiger partial charge in [0.05, 0.1) is 6.07 Å². The molecule has 90 valence electrons. The number of amides is 1. The van der Waals surface area contributed by atoms with Gasteiger partial charge in [-0.25, -0.2) is 4.39 Å². The molecule has 0 atom stereocenters. The summed E-state index contributed by atoms with van der Waals surface area (Å²) in [7, 11) is 0. The number of hydrogen-bond acceptors (Lipinski definition) is 2. The molecule has 0 saturated heterocycles. The molecular weight excluding hydrogens is 219 g/mol. The molecule has 0 aromatic heterocycles. The Bertz CT molecular complexity index is 432. The average Bonchev–Trinajstić information content (AvgIpc) is 2.28. The second kappa shape index (κ2) is 5.44. The summed E-state index contributed by atoms with van der Waals surface area (Å²) in [5, 5.41) is 11.4. The third-order valence-corrected chi connectivity index (χ3v) is 2.29. The highest BCUT2D eigenvalue weighted by atomic mass is 19.1. The average molecular weight is 234 g/mol. The molecular formula is C13H15FN2O. The van der Waals surface area contributed by atoms with Gasteiger partial charge in [-0.05, 0) is 38.0 Å². The smallest absolute Gasteiger partial charge is 0.221 e. The molecule has 1 aromatic rings.